The average Bonchev–Trinajstić information content (AvgIpc) is 1.82. The van der Waals surface area contributed by atoms with Gasteiger partial charge >= 0.3 is 0 Å². The van der Waals surface area contributed by atoms with Gasteiger partial charge in [-0.3, -0.25) is 0 Å². The minimum atomic E-state index is -0.279. The highest BCUT2D eigenvalue weighted by Crippen LogP contribution is 2.55. The summed E-state index contributed by atoms with van der Waals surface area (Å²) in [5.41, 5.74) is 29.0. The van der Waals surface area contributed by atoms with Gasteiger partial charge < -0.3 is 18.6 Å². The minimum absolute atomic E-state index is 0.279. The second kappa shape index (κ2) is 18.8. The van der Waals surface area contributed by atoms with Gasteiger partial charge in [0.1, 0.15) is 0 Å². The molecule has 2 aliphatic carbocycles. The van der Waals surface area contributed by atoms with Gasteiger partial charge in [0.2, 0.25) is 0 Å². The predicted molar refractivity (Wildman–Crippen MR) is 370 cm³/mol. The average molecular weight is 1130 g/mol. The summed E-state index contributed by atoms with van der Waals surface area (Å²) in [6.45, 7) is 9.66. The van der Waals surface area contributed by atoms with E-state index in [0.717, 1.165) is 22.7 Å². The van der Waals surface area contributed by atoms with E-state index >= 15 is 0 Å². The van der Waals surface area contributed by atoms with Gasteiger partial charge in [0.25, 0.3) is 0 Å². The van der Waals surface area contributed by atoms with Crippen LogP contribution in [0, 0.1) is 0 Å². The van der Waals surface area contributed by atoms with Gasteiger partial charge in [-0.2, -0.15) is 0 Å². The van der Waals surface area contributed by atoms with E-state index < -0.39 is 0 Å². The number of hydrogen-bond donors (Lipinski definition) is 0. The summed E-state index contributed by atoms with van der Waals surface area (Å²) < 4.78 is 7.20. The first-order valence-electron chi connectivity index (χ1n) is 30.8. The molecule has 0 radical (unpaired) electrons. The Morgan fingerprint density at radius 2 is 0.511 bits per heavy atom. The molecule has 0 unspecified atom stereocenters. The molecule has 0 fully saturated rings. The molecule has 4 heteroatoms. The largest absolute Gasteiger partial charge is 0.310 e. The van der Waals surface area contributed by atoms with Crippen molar-refractivity contribution < 1.29 is 0 Å². The Hall–Kier alpha value is -10.9. The van der Waals surface area contributed by atoms with Crippen molar-refractivity contribution in [1.82, 2.24) is 13.7 Å². The van der Waals surface area contributed by atoms with Crippen LogP contribution in [0.15, 0.2) is 291 Å². The zero-order chi connectivity index (χ0) is 58.6. The highest BCUT2D eigenvalue weighted by atomic mass is 15.1. The lowest BCUT2D eigenvalue weighted by Crippen LogP contribution is -2.18. The molecule has 2 aliphatic rings. The second-order valence-corrected chi connectivity index (χ2v) is 25.3. The van der Waals surface area contributed by atoms with Crippen LogP contribution in [-0.2, 0) is 10.8 Å². The Kier molecular flexibility index (Phi) is 10.8. The zero-order valence-corrected chi connectivity index (χ0v) is 49.5. The minimum Gasteiger partial charge on any atom is -0.310 e. The molecule has 0 aliphatic heterocycles. The van der Waals surface area contributed by atoms with Crippen molar-refractivity contribution in [2.24, 2.45) is 0 Å². The molecular formula is C84H60N4. The third-order valence-corrected chi connectivity index (χ3v) is 19.8. The van der Waals surface area contributed by atoms with Crippen LogP contribution in [0.1, 0.15) is 49.9 Å². The van der Waals surface area contributed by atoms with Gasteiger partial charge in [0.05, 0.1) is 33.1 Å². The molecule has 88 heavy (non-hydrogen) atoms. The summed E-state index contributed by atoms with van der Waals surface area (Å²) >= 11 is 0. The van der Waals surface area contributed by atoms with Crippen molar-refractivity contribution >= 4 is 82.5 Å². The summed E-state index contributed by atoms with van der Waals surface area (Å²) in [5.74, 6) is 0. The number of benzene rings is 13. The third kappa shape index (κ3) is 7.33. The summed E-state index contributed by atoms with van der Waals surface area (Å²) in [7, 11) is 0. The van der Waals surface area contributed by atoms with E-state index in [4.69, 9.17) is 0 Å². The number of fused-ring (bicyclic) bond motifs is 15. The first-order valence-corrected chi connectivity index (χ1v) is 30.8. The quantitative estimate of drug-likeness (QED) is 0.148. The van der Waals surface area contributed by atoms with Crippen LogP contribution in [0.4, 0.5) is 17.1 Å². The maximum absolute atomic E-state index is 2.49. The molecule has 416 valence electrons. The van der Waals surface area contributed by atoms with E-state index in [1.54, 1.807) is 0 Å². The normalized spacial score (nSPS) is 13.6. The number of nitrogens with zero attached hydrogens (tertiary/aromatic N) is 4. The second-order valence-electron chi connectivity index (χ2n) is 25.3. The van der Waals surface area contributed by atoms with Crippen LogP contribution < -0.4 is 4.90 Å². The highest BCUT2D eigenvalue weighted by Gasteiger charge is 2.39. The number of hydrogen-bond acceptors (Lipinski definition) is 1. The lowest BCUT2D eigenvalue weighted by atomic mass is 9.81. The number of anilines is 3. The fourth-order valence-electron chi connectivity index (χ4n) is 15.5. The molecule has 3 heterocycles. The van der Waals surface area contributed by atoms with Crippen molar-refractivity contribution in [3.63, 3.8) is 0 Å². The topological polar surface area (TPSA) is 18.0 Å². The number of rotatable bonds is 8. The number of para-hydroxylation sites is 6. The van der Waals surface area contributed by atoms with Crippen molar-refractivity contribution in [3.05, 3.63) is 313 Å². The molecule has 0 spiro atoms. The monoisotopic (exact) mass is 1120 g/mol. The van der Waals surface area contributed by atoms with Gasteiger partial charge in [-0.05, 0) is 200 Å². The summed E-state index contributed by atoms with van der Waals surface area (Å²) in [5, 5.41) is 7.55. The lowest BCUT2D eigenvalue weighted by Gasteiger charge is -2.30. The van der Waals surface area contributed by atoms with Gasteiger partial charge in [-0.1, -0.05) is 185 Å². The molecule has 13 aromatic carbocycles. The molecule has 0 N–H and O–H groups in total. The Labute approximate surface area is 511 Å². The van der Waals surface area contributed by atoms with Crippen molar-refractivity contribution in [3.8, 4) is 61.6 Å². The Morgan fingerprint density at radius 3 is 0.909 bits per heavy atom. The van der Waals surface area contributed by atoms with Crippen molar-refractivity contribution in [2.75, 3.05) is 4.90 Å². The highest BCUT2D eigenvalue weighted by molar-refractivity contribution is 6.12. The van der Waals surface area contributed by atoms with Crippen LogP contribution in [0.25, 0.3) is 127 Å². The molecule has 4 nitrogen and oxygen atoms in total. The van der Waals surface area contributed by atoms with E-state index in [1.165, 1.54) is 144 Å². The van der Waals surface area contributed by atoms with Gasteiger partial charge in [0.15, 0.2) is 0 Å². The van der Waals surface area contributed by atoms with E-state index in [-0.39, 0.29) is 10.8 Å². The van der Waals surface area contributed by atoms with E-state index in [9.17, 15) is 0 Å². The first kappa shape index (κ1) is 50.4. The summed E-state index contributed by atoms with van der Waals surface area (Å²) in [4.78, 5) is 2.49. The van der Waals surface area contributed by atoms with Crippen LogP contribution in [0.2, 0.25) is 0 Å². The summed E-state index contributed by atoms with van der Waals surface area (Å²) in [6.07, 6.45) is 0. The van der Waals surface area contributed by atoms with Crippen LogP contribution in [-0.4, -0.2) is 13.7 Å². The van der Waals surface area contributed by atoms with E-state index in [2.05, 4.69) is 337 Å². The van der Waals surface area contributed by atoms with Gasteiger partial charge in [-0.25, -0.2) is 0 Å². The maximum atomic E-state index is 2.49. The van der Waals surface area contributed by atoms with Crippen LogP contribution >= 0.6 is 0 Å². The van der Waals surface area contributed by atoms with E-state index in [1.807, 2.05) is 0 Å². The molecule has 0 saturated heterocycles. The van der Waals surface area contributed by atoms with Crippen molar-refractivity contribution in [2.45, 2.75) is 38.5 Å². The molecule has 0 bridgehead atoms. The first-order chi connectivity index (χ1) is 43.2. The van der Waals surface area contributed by atoms with Gasteiger partial charge in [0, 0.05) is 77.3 Å². The Bertz CT molecular complexity index is 5240. The third-order valence-electron chi connectivity index (χ3n) is 19.8. The van der Waals surface area contributed by atoms with Crippen molar-refractivity contribution in [1.29, 1.82) is 0 Å². The number of aromatic nitrogens is 3. The van der Waals surface area contributed by atoms with E-state index in [0.29, 0.717) is 0 Å². The summed E-state index contributed by atoms with van der Waals surface area (Å²) in [6, 6.07) is 109. The molecule has 16 aromatic rings. The fourth-order valence-corrected chi connectivity index (χ4v) is 15.5. The van der Waals surface area contributed by atoms with Crippen LogP contribution in [0.3, 0.4) is 0 Å². The molecule has 0 amide bonds. The fraction of sp³-hybridized carbons (Fsp3) is 0.0714. The molecular weight excluding hydrogens is 1060 g/mol. The SMILES string of the molecule is CC1(C)c2cc(-c3ccc4c(c3)c3ccccc3n4-c3ccccc3)ccc2-c2ccc(N(c3ccc(-n4c5ccccc5c5ccccc54)cc3)c3ccc4c(c3)C(C)(C)c3cc(-c5ccc6c(c5)c5ccccc5n6-c5ccccc5)ccc3-4)cc21. The maximum Gasteiger partial charge on any atom is 0.0541 e. The standard InChI is InChI=1S/C84H60N4/c1-83(2)73-49-55(53-33-45-81-71(47-53)69-25-13-17-29-79(69)86(81)57-19-7-5-8-20-57)31-41-63(73)65-43-39-61(51-75(65)83)85(59-35-37-60(38-36-59)88-77-27-15-11-23-67(77)68-24-12-16-28-78(68)88)62-40-44-66-64-42-32-56(50-74(64)84(3,4)76(66)52-62)54-34-46-82-72(48-54)70-26-14-18-30-80(70)87(82)58-21-9-6-10-22-58/h5-52H,1-4H3. The molecule has 18 rings (SSSR count). The zero-order valence-electron chi connectivity index (χ0n) is 49.5. The Balaban J connectivity index is 0.737. The molecule has 0 saturated carbocycles. The van der Waals surface area contributed by atoms with Gasteiger partial charge in [-0.15, -0.1) is 0 Å². The molecule has 3 aromatic heterocycles. The predicted octanol–water partition coefficient (Wildman–Crippen LogP) is 22.4. The molecule has 0 atom stereocenters. The Morgan fingerprint density at radius 1 is 0.227 bits per heavy atom. The lowest BCUT2D eigenvalue weighted by molar-refractivity contribution is 0.660. The van der Waals surface area contributed by atoms with Crippen LogP contribution in [0.5, 0.6) is 0 Å². The smallest absolute Gasteiger partial charge is 0.0541 e.